The predicted molar refractivity (Wildman–Crippen MR) is 95.8 cm³/mol. The fourth-order valence-electron chi connectivity index (χ4n) is 2.87. The van der Waals surface area contributed by atoms with E-state index in [0.717, 1.165) is 19.3 Å². The van der Waals surface area contributed by atoms with Gasteiger partial charge in [-0.05, 0) is 52.2 Å². The van der Waals surface area contributed by atoms with Gasteiger partial charge in [-0.1, -0.05) is 0 Å². The molecule has 1 amide bonds. The molecule has 131 valence electrons. The van der Waals surface area contributed by atoms with E-state index in [1.54, 1.807) is 12.1 Å². The molecule has 3 N–H and O–H groups in total. The number of alkyl carbamates (subject to hydrolysis) is 1. The van der Waals surface area contributed by atoms with E-state index in [4.69, 9.17) is 9.15 Å². The quantitative estimate of drug-likeness (QED) is 0.732. The number of carbonyl (C=O) groups is 1. The minimum absolute atomic E-state index is 0. The smallest absolute Gasteiger partial charge is 0.407 e. The number of carbonyl (C=O) groups excluding carboxylic acids is 1. The maximum absolute atomic E-state index is 11.8. The van der Waals surface area contributed by atoms with Gasteiger partial charge in [0.1, 0.15) is 16.9 Å². The molecule has 0 saturated heterocycles. The van der Waals surface area contributed by atoms with Crippen LogP contribution in [-0.2, 0) is 4.74 Å². The van der Waals surface area contributed by atoms with Crippen LogP contribution in [0.15, 0.2) is 22.6 Å². The molecule has 2 atom stereocenters. The molecule has 8 heteroatoms. The van der Waals surface area contributed by atoms with Crippen LogP contribution >= 0.6 is 0 Å². The van der Waals surface area contributed by atoms with Crippen molar-refractivity contribution in [2.45, 2.75) is 57.7 Å². The molecular formula is C17H23N3NaO4. The summed E-state index contributed by atoms with van der Waals surface area (Å²) >= 11 is 0. The topological polar surface area (TPSA) is 96.6 Å². The molecule has 1 aliphatic carbocycles. The summed E-state index contributed by atoms with van der Waals surface area (Å²) in [5.74, 6) is 0.146. The van der Waals surface area contributed by atoms with Crippen molar-refractivity contribution in [2.75, 3.05) is 5.32 Å². The molecule has 3 rings (SSSR count). The van der Waals surface area contributed by atoms with Crippen LogP contribution in [0.2, 0.25) is 0 Å². The Bertz CT molecular complexity index is 741. The Kier molecular flexibility index (Phi) is 6.24. The molecule has 0 unspecified atom stereocenters. The van der Waals surface area contributed by atoms with Crippen molar-refractivity contribution in [3.05, 3.63) is 18.2 Å². The van der Waals surface area contributed by atoms with Gasteiger partial charge in [-0.15, -0.1) is 0 Å². The number of phenols is 1. The van der Waals surface area contributed by atoms with Gasteiger partial charge in [0, 0.05) is 47.7 Å². The molecule has 1 aliphatic rings. The SMILES string of the molecule is CC(C)(C)OC(=O)N[C@H]1CC[C@H](Nc2nc3ccc(O)cc3o2)C1.[Na]. The van der Waals surface area contributed by atoms with Crippen LogP contribution in [-0.4, -0.2) is 63.4 Å². The fourth-order valence-corrected chi connectivity index (χ4v) is 2.87. The molecule has 0 aliphatic heterocycles. The number of phenolic OH excluding ortho intramolecular Hbond substituents is 1. The summed E-state index contributed by atoms with van der Waals surface area (Å²) in [7, 11) is 0. The third kappa shape index (κ3) is 5.52. The summed E-state index contributed by atoms with van der Waals surface area (Å²) in [4.78, 5) is 16.2. The summed E-state index contributed by atoms with van der Waals surface area (Å²) in [6, 6.07) is 5.50. The average molecular weight is 356 g/mol. The van der Waals surface area contributed by atoms with Gasteiger partial charge in [0.25, 0.3) is 6.01 Å². The molecule has 25 heavy (non-hydrogen) atoms. The Morgan fingerprint density at radius 1 is 1.32 bits per heavy atom. The van der Waals surface area contributed by atoms with E-state index in [1.807, 2.05) is 20.8 Å². The molecule has 1 fully saturated rings. The number of fused-ring (bicyclic) bond motifs is 1. The predicted octanol–water partition coefficient (Wildman–Crippen LogP) is 3.01. The minimum atomic E-state index is -0.496. The molecular weight excluding hydrogens is 333 g/mol. The Morgan fingerprint density at radius 3 is 2.76 bits per heavy atom. The first kappa shape index (κ1) is 19.9. The van der Waals surface area contributed by atoms with E-state index in [-0.39, 0.29) is 53.5 Å². The van der Waals surface area contributed by atoms with E-state index >= 15 is 0 Å². The zero-order chi connectivity index (χ0) is 17.3. The molecule has 1 aromatic heterocycles. The van der Waals surface area contributed by atoms with Crippen LogP contribution < -0.4 is 10.6 Å². The van der Waals surface area contributed by atoms with E-state index in [0.29, 0.717) is 17.1 Å². The first-order chi connectivity index (χ1) is 11.3. The third-order valence-electron chi connectivity index (χ3n) is 3.85. The fraction of sp³-hybridized carbons (Fsp3) is 0.529. The van der Waals surface area contributed by atoms with Crippen molar-refractivity contribution >= 4 is 52.8 Å². The number of ether oxygens (including phenoxy) is 1. The summed E-state index contributed by atoms with van der Waals surface area (Å²) in [5, 5.41) is 15.6. The Hall–Kier alpha value is -1.44. The summed E-state index contributed by atoms with van der Waals surface area (Å²) in [5.41, 5.74) is 0.736. The van der Waals surface area contributed by atoms with Crippen molar-refractivity contribution in [1.82, 2.24) is 10.3 Å². The second kappa shape index (κ2) is 7.85. The normalized spacial score (nSPS) is 20.1. The van der Waals surface area contributed by atoms with Gasteiger partial charge < -0.3 is 24.9 Å². The van der Waals surface area contributed by atoms with Gasteiger partial charge in [0.2, 0.25) is 0 Å². The van der Waals surface area contributed by atoms with Crippen molar-refractivity contribution < 1.29 is 19.1 Å². The number of aromatic nitrogens is 1. The van der Waals surface area contributed by atoms with E-state index in [1.165, 1.54) is 6.07 Å². The van der Waals surface area contributed by atoms with Crippen molar-refractivity contribution in [3.8, 4) is 5.75 Å². The monoisotopic (exact) mass is 356 g/mol. The van der Waals surface area contributed by atoms with Gasteiger partial charge in [0.05, 0.1) is 0 Å². The molecule has 1 aromatic carbocycles. The van der Waals surface area contributed by atoms with E-state index in [9.17, 15) is 9.90 Å². The molecule has 0 bridgehead atoms. The zero-order valence-electron chi connectivity index (χ0n) is 15.1. The second-order valence-corrected chi connectivity index (χ2v) is 7.17. The number of hydrogen-bond donors (Lipinski definition) is 3. The van der Waals surface area contributed by atoms with Crippen LogP contribution in [0.4, 0.5) is 10.8 Å². The molecule has 7 nitrogen and oxygen atoms in total. The maximum Gasteiger partial charge on any atom is 0.407 e. The molecule has 1 saturated carbocycles. The third-order valence-corrected chi connectivity index (χ3v) is 3.85. The minimum Gasteiger partial charge on any atom is -0.508 e. The summed E-state index contributed by atoms with van der Waals surface area (Å²) in [6.07, 6.45) is 2.18. The zero-order valence-corrected chi connectivity index (χ0v) is 17.1. The van der Waals surface area contributed by atoms with E-state index < -0.39 is 5.60 Å². The van der Waals surface area contributed by atoms with Crippen LogP contribution in [0.1, 0.15) is 40.0 Å². The Balaban J connectivity index is 0.00000225. The first-order valence-electron chi connectivity index (χ1n) is 8.14. The number of oxazole rings is 1. The maximum atomic E-state index is 11.8. The van der Waals surface area contributed by atoms with Gasteiger partial charge in [-0.2, -0.15) is 4.98 Å². The van der Waals surface area contributed by atoms with Gasteiger partial charge in [0.15, 0.2) is 5.58 Å². The number of nitrogens with zero attached hydrogens (tertiary/aromatic N) is 1. The molecule has 1 heterocycles. The molecule has 2 aromatic rings. The van der Waals surface area contributed by atoms with Gasteiger partial charge >= 0.3 is 6.09 Å². The van der Waals surface area contributed by atoms with Crippen LogP contribution in [0, 0.1) is 0 Å². The Morgan fingerprint density at radius 2 is 2.04 bits per heavy atom. The number of nitrogens with one attached hydrogen (secondary N) is 2. The summed E-state index contributed by atoms with van der Waals surface area (Å²) in [6.45, 7) is 5.53. The number of anilines is 1. The average Bonchev–Trinajstić information content (AvgIpc) is 3.02. The van der Waals surface area contributed by atoms with Gasteiger partial charge in [-0.25, -0.2) is 4.79 Å². The molecule has 0 spiro atoms. The Labute approximate surface area is 168 Å². The van der Waals surface area contributed by atoms with Crippen molar-refractivity contribution in [2.24, 2.45) is 0 Å². The van der Waals surface area contributed by atoms with Crippen LogP contribution in [0.3, 0.4) is 0 Å². The number of benzene rings is 1. The second-order valence-electron chi connectivity index (χ2n) is 7.17. The summed E-state index contributed by atoms with van der Waals surface area (Å²) < 4.78 is 10.9. The first-order valence-corrected chi connectivity index (χ1v) is 8.14. The van der Waals surface area contributed by atoms with Crippen molar-refractivity contribution in [1.29, 1.82) is 0 Å². The number of hydrogen-bond acceptors (Lipinski definition) is 6. The molecule has 1 radical (unpaired) electrons. The number of rotatable bonds is 3. The standard InChI is InChI=1S/C17H23N3O4.Na/c1-17(2,3)24-16(22)19-11-5-4-10(8-11)18-15-20-13-7-6-12(21)9-14(13)23-15;/h6-7,9-11,21H,4-5,8H2,1-3H3,(H,18,20)(H,19,22);/t10-,11-;/m0./s1. The number of aromatic hydroxyl groups is 1. The van der Waals surface area contributed by atoms with Crippen molar-refractivity contribution in [3.63, 3.8) is 0 Å². The van der Waals surface area contributed by atoms with Crippen LogP contribution in [0.5, 0.6) is 5.75 Å². The largest absolute Gasteiger partial charge is 0.508 e. The van der Waals surface area contributed by atoms with Gasteiger partial charge in [-0.3, -0.25) is 0 Å². The number of amides is 1. The van der Waals surface area contributed by atoms with E-state index in [2.05, 4.69) is 15.6 Å². The van der Waals surface area contributed by atoms with Crippen LogP contribution in [0.25, 0.3) is 11.1 Å².